The molecule has 0 radical (unpaired) electrons. The second kappa shape index (κ2) is 7.84. The number of rotatable bonds is 3. The summed E-state index contributed by atoms with van der Waals surface area (Å²) in [5, 5.41) is 8.43. The Kier molecular flexibility index (Phi) is 4.83. The molecule has 0 fully saturated rings. The maximum Gasteiger partial charge on any atom is 0.196 e. The van der Waals surface area contributed by atoms with Crippen molar-refractivity contribution in [2.45, 2.75) is 0 Å². The smallest absolute Gasteiger partial charge is 0.196 e. The molecule has 0 saturated heterocycles. The Hall–Kier alpha value is -4.57. The lowest BCUT2D eigenvalue weighted by Gasteiger charge is -2.19. The number of halogens is 1. The van der Waals surface area contributed by atoms with E-state index in [9.17, 15) is 9.59 Å². The molecule has 2 aromatic heterocycles. The molecule has 33 heavy (non-hydrogen) atoms. The number of hydrogen-bond donors (Lipinski definition) is 2. The fourth-order valence-corrected chi connectivity index (χ4v) is 3.75. The third kappa shape index (κ3) is 3.38. The van der Waals surface area contributed by atoms with Gasteiger partial charge in [0.1, 0.15) is 5.69 Å². The molecular weight excluding hydrogens is 444 g/mol. The summed E-state index contributed by atoms with van der Waals surface area (Å²) in [5.41, 5.74) is 13.3. The number of anilines is 2. The maximum absolute atomic E-state index is 13.2. The molecule has 1 aliphatic rings. The minimum atomic E-state index is -0.383. The number of aromatic nitrogens is 4. The van der Waals surface area contributed by atoms with Crippen LogP contribution in [0, 0.1) is 0 Å². The van der Waals surface area contributed by atoms with Crippen LogP contribution in [0.15, 0.2) is 65.2 Å². The molecule has 0 spiro atoms. The second-order valence-corrected chi connectivity index (χ2v) is 7.38. The van der Waals surface area contributed by atoms with Crippen molar-refractivity contribution in [2.24, 2.45) is 10.2 Å². The zero-order valence-electron chi connectivity index (χ0n) is 16.7. The van der Waals surface area contributed by atoms with Crippen LogP contribution in [-0.4, -0.2) is 31.5 Å². The molecule has 0 atom stereocenters. The molecule has 2 heterocycles. The first-order valence-electron chi connectivity index (χ1n) is 9.57. The fourth-order valence-electron chi connectivity index (χ4n) is 3.49. The molecule has 0 bridgehead atoms. The molecule has 2 aromatic carbocycles. The summed E-state index contributed by atoms with van der Waals surface area (Å²) in [6.07, 6.45) is 4.47. The van der Waals surface area contributed by atoms with Crippen molar-refractivity contribution >= 4 is 46.2 Å². The number of carbonyl (C=O) groups excluding carboxylic acids is 2. The van der Waals surface area contributed by atoms with Gasteiger partial charge >= 0.3 is 0 Å². The van der Waals surface area contributed by atoms with Gasteiger partial charge in [0, 0.05) is 23.5 Å². The molecule has 10 nitrogen and oxygen atoms in total. The quantitative estimate of drug-likeness (QED) is 0.385. The predicted octanol–water partition coefficient (Wildman–Crippen LogP) is 3.94. The molecule has 11 heteroatoms. The first-order valence-corrected chi connectivity index (χ1v) is 9.95. The molecule has 0 amide bonds. The van der Waals surface area contributed by atoms with E-state index in [1.54, 1.807) is 36.4 Å². The molecule has 0 unspecified atom stereocenters. The Morgan fingerprint density at radius 3 is 2.18 bits per heavy atom. The minimum Gasteiger partial charge on any atom is -0.382 e. The van der Waals surface area contributed by atoms with E-state index < -0.39 is 0 Å². The molecular formula is C22H13ClN8O2. The van der Waals surface area contributed by atoms with Crippen LogP contribution in [0.25, 0.3) is 11.5 Å². The Labute approximate surface area is 191 Å². The van der Waals surface area contributed by atoms with Gasteiger partial charge in [-0.3, -0.25) is 14.6 Å². The van der Waals surface area contributed by atoms with Crippen molar-refractivity contribution in [3.05, 3.63) is 82.3 Å². The van der Waals surface area contributed by atoms with Crippen molar-refractivity contribution in [1.82, 2.24) is 19.9 Å². The van der Waals surface area contributed by atoms with Crippen LogP contribution in [0.3, 0.4) is 0 Å². The molecule has 160 valence electrons. The number of carbonyl (C=O) groups is 2. The number of nitrogens with zero attached hydrogens (tertiary/aromatic N) is 6. The highest BCUT2D eigenvalue weighted by atomic mass is 35.5. The summed E-state index contributed by atoms with van der Waals surface area (Å²) < 4.78 is 0. The standard InChI is InChI=1S/C22H13ClN8O2/c23-12-5-1-3-10-15(12)18(32)11-4-2-6-13(16(11)19(10)33)30-31-17-20(24)28-22(29-21(17)25)14-9-26-7-8-27-14/h1-9H,(H4,24,25,28,29). The average molecular weight is 457 g/mol. The minimum absolute atomic E-state index is 0.0262. The lowest BCUT2D eigenvalue weighted by Crippen LogP contribution is -2.21. The number of nitrogens with two attached hydrogens (primary N) is 2. The fraction of sp³-hybridized carbons (Fsp3) is 0. The number of nitrogen functional groups attached to an aromatic ring is 2. The number of hydrogen-bond acceptors (Lipinski definition) is 10. The first-order chi connectivity index (χ1) is 16.0. The van der Waals surface area contributed by atoms with Gasteiger partial charge in [-0.15, -0.1) is 10.2 Å². The van der Waals surface area contributed by atoms with Crippen molar-refractivity contribution in [1.29, 1.82) is 0 Å². The van der Waals surface area contributed by atoms with E-state index in [2.05, 4.69) is 30.2 Å². The van der Waals surface area contributed by atoms with E-state index in [-0.39, 0.29) is 67.7 Å². The highest BCUT2D eigenvalue weighted by Gasteiger charge is 2.33. The van der Waals surface area contributed by atoms with E-state index in [1.165, 1.54) is 18.6 Å². The lowest BCUT2D eigenvalue weighted by atomic mass is 9.83. The van der Waals surface area contributed by atoms with Gasteiger partial charge in [-0.05, 0) is 12.1 Å². The third-order valence-electron chi connectivity index (χ3n) is 4.99. The number of azo groups is 1. The average Bonchev–Trinajstić information content (AvgIpc) is 2.82. The van der Waals surface area contributed by atoms with Crippen LogP contribution in [0.5, 0.6) is 0 Å². The van der Waals surface area contributed by atoms with Gasteiger partial charge in [0.2, 0.25) is 0 Å². The zero-order chi connectivity index (χ0) is 23.1. The molecule has 4 N–H and O–H groups in total. The van der Waals surface area contributed by atoms with E-state index >= 15 is 0 Å². The second-order valence-electron chi connectivity index (χ2n) is 6.98. The van der Waals surface area contributed by atoms with Crippen LogP contribution in [0.1, 0.15) is 31.8 Å². The first kappa shape index (κ1) is 20.3. The summed E-state index contributed by atoms with van der Waals surface area (Å²) in [6.45, 7) is 0. The summed E-state index contributed by atoms with van der Waals surface area (Å²) >= 11 is 6.18. The van der Waals surface area contributed by atoms with Gasteiger partial charge in [0.05, 0.1) is 28.0 Å². The maximum atomic E-state index is 13.2. The van der Waals surface area contributed by atoms with Gasteiger partial charge in [-0.1, -0.05) is 35.9 Å². The molecule has 5 rings (SSSR count). The SMILES string of the molecule is Nc1nc(-c2cnccn2)nc(N)c1N=Nc1cccc2c1C(=O)c1cccc(Cl)c1C2=O. The van der Waals surface area contributed by atoms with E-state index in [4.69, 9.17) is 23.1 Å². The summed E-state index contributed by atoms with van der Waals surface area (Å²) in [7, 11) is 0. The molecule has 0 aliphatic heterocycles. The summed E-state index contributed by atoms with van der Waals surface area (Å²) in [5.74, 6) is -0.624. The monoisotopic (exact) mass is 456 g/mol. The highest BCUT2D eigenvalue weighted by molar-refractivity contribution is 6.39. The van der Waals surface area contributed by atoms with E-state index in [1.807, 2.05) is 0 Å². The Bertz CT molecular complexity index is 1460. The Morgan fingerprint density at radius 2 is 1.48 bits per heavy atom. The van der Waals surface area contributed by atoms with Crippen LogP contribution >= 0.6 is 11.6 Å². The number of benzene rings is 2. The topological polar surface area (TPSA) is 162 Å². The zero-order valence-corrected chi connectivity index (χ0v) is 17.5. The van der Waals surface area contributed by atoms with Gasteiger partial charge in [0.25, 0.3) is 0 Å². The Balaban J connectivity index is 1.57. The summed E-state index contributed by atoms with van der Waals surface area (Å²) in [4.78, 5) is 42.6. The number of fused-ring (bicyclic) bond motifs is 2. The van der Waals surface area contributed by atoms with Crippen LogP contribution in [0.2, 0.25) is 5.02 Å². The largest absolute Gasteiger partial charge is 0.382 e. The van der Waals surface area contributed by atoms with E-state index in [0.717, 1.165) is 0 Å². The van der Waals surface area contributed by atoms with Gasteiger partial charge < -0.3 is 11.5 Å². The highest BCUT2D eigenvalue weighted by Crippen LogP contribution is 2.37. The van der Waals surface area contributed by atoms with Crippen LogP contribution in [0.4, 0.5) is 23.0 Å². The van der Waals surface area contributed by atoms with Crippen molar-refractivity contribution in [3.63, 3.8) is 0 Å². The van der Waals surface area contributed by atoms with Crippen LogP contribution in [-0.2, 0) is 0 Å². The van der Waals surface area contributed by atoms with Crippen molar-refractivity contribution < 1.29 is 9.59 Å². The Morgan fingerprint density at radius 1 is 0.818 bits per heavy atom. The van der Waals surface area contributed by atoms with Crippen LogP contribution < -0.4 is 11.5 Å². The van der Waals surface area contributed by atoms with Crippen molar-refractivity contribution in [2.75, 3.05) is 11.5 Å². The molecule has 1 aliphatic carbocycles. The molecule has 4 aromatic rings. The molecule has 0 saturated carbocycles. The number of ketones is 2. The third-order valence-corrected chi connectivity index (χ3v) is 5.30. The lowest BCUT2D eigenvalue weighted by molar-refractivity contribution is 0.0979. The normalized spacial score (nSPS) is 12.6. The predicted molar refractivity (Wildman–Crippen MR) is 121 cm³/mol. The van der Waals surface area contributed by atoms with Gasteiger partial charge in [-0.25, -0.2) is 15.0 Å². The van der Waals surface area contributed by atoms with Crippen molar-refractivity contribution in [3.8, 4) is 11.5 Å². The van der Waals surface area contributed by atoms with Gasteiger partial charge in [0.15, 0.2) is 34.7 Å². The van der Waals surface area contributed by atoms with Gasteiger partial charge in [-0.2, -0.15) is 0 Å². The van der Waals surface area contributed by atoms with E-state index in [0.29, 0.717) is 5.69 Å². The summed E-state index contributed by atoms with van der Waals surface area (Å²) in [6, 6.07) is 9.43.